The third-order valence-electron chi connectivity index (χ3n) is 11.7. The van der Waals surface area contributed by atoms with Gasteiger partial charge in [-0.25, -0.2) is 0 Å². The van der Waals surface area contributed by atoms with Crippen LogP contribution in [0.5, 0.6) is 0 Å². The van der Waals surface area contributed by atoms with Crippen LogP contribution in [0.1, 0.15) is 278 Å². The lowest BCUT2D eigenvalue weighted by atomic mass is 10.00. The first-order valence-corrected chi connectivity index (χ1v) is 24.9. The summed E-state index contributed by atoms with van der Waals surface area (Å²) in [7, 11) is 0. The normalized spacial score (nSPS) is 12.4. The molecule has 6 heteroatoms. The van der Waals surface area contributed by atoms with Crippen LogP contribution in [-0.4, -0.2) is 37.2 Å². The fourth-order valence-corrected chi connectivity index (χ4v) is 7.48. The molecule has 56 heavy (non-hydrogen) atoms. The van der Waals surface area contributed by atoms with Gasteiger partial charge in [-0.2, -0.15) is 0 Å². The molecule has 0 aromatic rings. The molecule has 0 spiro atoms. The third-order valence-corrected chi connectivity index (χ3v) is 11.7. The van der Waals surface area contributed by atoms with E-state index in [1.165, 1.54) is 173 Å². The molecule has 0 saturated heterocycles. The van der Waals surface area contributed by atoms with Crippen molar-refractivity contribution in [2.75, 3.05) is 13.2 Å². The molecule has 6 nitrogen and oxygen atoms in total. The Labute approximate surface area is 348 Å². The van der Waals surface area contributed by atoms with Gasteiger partial charge in [-0.15, -0.1) is 0 Å². The standard InChI is InChI=1S/C50H96O6/c1-5-8-10-12-14-16-18-19-20-21-22-23-25-27-29-34-38-42-49(52)55-45-47(56-50(53)43-39-35-31-30-32-36-40-46(4)7-3)44-54-48(51)41-37-33-28-26-24-17-15-13-11-9-6-2/h46-47H,5-45H2,1-4H3/t46?,47-/m0/s1. The van der Waals surface area contributed by atoms with Gasteiger partial charge in [0, 0.05) is 19.3 Å². The molecule has 332 valence electrons. The lowest BCUT2D eigenvalue weighted by Gasteiger charge is -2.18. The second kappa shape index (κ2) is 44.5. The van der Waals surface area contributed by atoms with E-state index in [4.69, 9.17) is 14.2 Å². The zero-order chi connectivity index (χ0) is 41.0. The molecule has 0 fully saturated rings. The molecule has 0 radical (unpaired) electrons. The van der Waals surface area contributed by atoms with E-state index in [0.717, 1.165) is 63.7 Å². The Hall–Kier alpha value is -1.59. The minimum absolute atomic E-state index is 0.0640. The zero-order valence-corrected chi connectivity index (χ0v) is 38.1. The molecular weight excluding hydrogens is 697 g/mol. The largest absolute Gasteiger partial charge is 0.462 e. The van der Waals surface area contributed by atoms with Crippen LogP contribution in [0, 0.1) is 5.92 Å². The number of unbranched alkanes of at least 4 members (excludes halogenated alkanes) is 31. The van der Waals surface area contributed by atoms with E-state index in [1.54, 1.807) is 0 Å². The third kappa shape index (κ3) is 42.0. The Morgan fingerprint density at radius 2 is 0.625 bits per heavy atom. The Bertz CT molecular complexity index is 843. The number of carbonyl (C=O) groups excluding carboxylic acids is 3. The lowest BCUT2D eigenvalue weighted by molar-refractivity contribution is -0.167. The summed E-state index contributed by atoms with van der Waals surface area (Å²) < 4.78 is 16.8. The van der Waals surface area contributed by atoms with Crippen molar-refractivity contribution in [3.63, 3.8) is 0 Å². The van der Waals surface area contributed by atoms with Gasteiger partial charge in [0.2, 0.25) is 0 Å². The lowest BCUT2D eigenvalue weighted by Crippen LogP contribution is -2.30. The van der Waals surface area contributed by atoms with E-state index in [1.807, 2.05) is 0 Å². The molecule has 0 aromatic carbocycles. The second-order valence-electron chi connectivity index (χ2n) is 17.3. The monoisotopic (exact) mass is 793 g/mol. The number of rotatable bonds is 45. The second-order valence-corrected chi connectivity index (χ2v) is 17.3. The van der Waals surface area contributed by atoms with Crippen molar-refractivity contribution in [2.24, 2.45) is 5.92 Å². The van der Waals surface area contributed by atoms with Crippen molar-refractivity contribution in [2.45, 2.75) is 284 Å². The Kier molecular flexibility index (Phi) is 43.2. The van der Waals surface area contributed by atoms with E-state index in [9.17, 15) is 14.4 Å². The van der Waals surface area contributed by atoms with Crippen molar-refractivity contribution in [1.29, 1.82) is 0 Å². The topological polar surface area (TPSA) is 78.9 Å². The average molecular weight is 793 g/mol. The van der Waals surface area contributed by atoms with Crippen LogP contribution in [0.2, 0.25) is 0 Å². The molecule has 0 aliphatic carbocycles. The Morgan fingerprint density at radius 3 is 0.929 bits per heavy atom. The highest BCUT2D eigenvalue weighted by molar-refractivity contribution is 5.71. The molecule has 0 N–H and O–H groups in total. The summed E-state index contributed by atoms with van der Waals surface area (Å²) in [6, 6.07) is 0. The van der Waals surface area contributed by atoms with Crippen molar-refractivity contribution in [3.05, 3.63) is 0 Å². The molecule has 0 aliphatic heterocycles. The highest BCUT2D eigenvalue weighted by Crippen LogP contribution is 2.17. The van der Waals surface area contributed by atoms with Crippen LogP contribution in [0.15, 0.2) is 0 Å². The van der Waals surface area contributed by atoms with E-state index in [2.05, 4.69) is 27.7 Å². The predicted octanol–water partition coefficient (Wildman–Crippen LogP) is 15.9. The van der Waals surface area contributed by atoms with Crippen LogP contribution < -0.4 is 0 Å². The van der Waals surface area contributed by atoms with Gasteiger partial charge < -0.3 is 14.2 Å². The molecule has 0 bridgehead atoms. The number of hydrogen-bond donors (Lipinski definition) is 0. The van der Waals surface area contributed by atoms with Crippen LogP contribution in [0.25, 0.3) is 0 Å². The fourth-order valence-electron chi connectivity index (χ4n) is 7.48. The summed E-state index contributed by atoms with van der Waals surface area (Å²) in [4.78, 5) is 37.8. The molecule has 0 saturated carbocycles. The number of esters is 3. The highest BCUT2D eigenvalue weighted by atomic mass is 16.6. The molecule has 0 heterocycles. The Morgan fingerprint density at radius 1 is 0.357 bits per heavy atom. The van der Waals surface area contributed by atoms with Gasteiger partial charge in [0.05, 0.1) is 0 Å². The maximum Gasteiger partial charge on any atom is 0.306 e. The van der Waals surface area contributed by atoms with Crippen LogP contribution in [0.3, 0.4) is 0 Å². The molecule has 0 aromatic heterocycles. The number of hydrogen-bond acceptors (Lipinski definition) is 6. The van der Waals surface area contributed by atoms with Gasteiger partial charge in [0.15, 0.2) is 6.10 Å². The quantitative estimate of drug-likeness (QED) is 0.0347. The maximum atomic E-state index is 12.7. The van der Waals surface area contributed by atoms with Gasteiger partial charge in [-0.05, 0) is 25.2 Å². The first kappa shape index (κ1) is 54.4. The van der Waals surface area contributed by atoms with Gasteiger partial charge in [0.25, 0.3) is 0 Å². The summed E-state index contributed by atoms with van der Waals surface area (Å²) in [5, 5.41) is 0. The van der Waals surface area contributed by atoms with Gasteiger partial charge >= 0.3 is 17.9 Å². The SMILES string of the molecule is CCCCCCCCCCCCCCCCCCCC(=O)OC[C@H](COC(=O)CCCCCCCCCCCCC)OC(=O)CCCCCCCCC(C)CC. The number of ether oxygens (including phenoxy) is 3. The van der Waals surface area contributed by atoms with E-state index in [-0.39, 0.29) is 31.1 Å². The van der Waals surface area contributed by atoms with Gasteiger partial charge in [-0.1, -0.05) is 240 Å². The minimum Gasteiger partial charge on any atom is -0.462 e. The summed E-state index contributed by atoms with van der Waals surface area (Å²) in [5.74, 6) is -0.0420. The van der Waals surface area contributed by atoms with Gasteiger partial charge in [0.1, 0.15) is 13.2 Å². The highest BCUT2D eigenvalue weighted by Gasteiger charge is 2.19. The first-order valence-electron chi connectivity index (χ1n) is 24.9. The molecule has 1 unspecified atom stereocenters. The maximum absolute atomic E-state index is 12.7. The van der Waals surface area contributed by atoms with Crippen LogP contribution in [0.4, 0.5) is 0 Å². The summed E-state index contributed by atoms with van der Waals surface area (Å²) in [5.41, 5.74) is 0. The van der Waals surface area contributed by atoms with Crippen LogP contribution in [-0.2, 0) is 28.6 Å². The van der Waals surface area contributed by atoms with E-state index in [0.29, 0.717) is 19.3 Å². The van der Waals surface area contributed by atoms with Gasteiger partial charge in [-0.3, -0.25) is 14.4 Å². The molecule has 2 atom stereocenters. The Balaban J connectivity index is 4.26. The van der Waals surface area contributed by atoms with Crippen molar-refractivity contribution < 1.29 is 28.6 Å². The van der Waals surface area contributed by atoms with E-state index < -0.39 is 6.10 Å². The van der Waals surface area contributed by atoms with Crippen molar-refractivity contribution in [3.8, 4) is 0 Å². The average Bonchev–Trinajstić information content (AvgIpc) is 3.19. The first-order chi connectivity index (χ1) is 27.4. The number of carbonyl (C=O) groups is 3. The minimum atomic E-state index is -0.760. The smallest absolute Gasteiger partial charge is 0.306 e. The summed E-state index contributed by atoms with van der Waals surface area (Å²) in [6.07, 6.45) is 45.2. The molecular formula is C50H96O6. The summed E-state index contributed by atoms with van der Waals surface area (Å²) in [6.45, 7) is 8.98. The van der Waals surface area contributed by atoms with E-state index >= 15 is 0 Å². The summed E-state index contributed by atoms with van der Waals surface area (Å²) >= 11 is 0. The fraction of sp³-hybridized carbons (Fsp3) is 0.940. The molecule has 0 aliphatic rings. The molecule has 0 rings (SSSR count). The zero-order valence-electron chi connectivity index (χ0n) is 38.1. The van der Waals surface area contributed by atoms with Crippen molar-refractivity contribution in [1.82, 2.24) is 0 Å². The predicted molar refractivity (Wildman–Crippen MR) is 238 cm³/mol. The van der Waals surface area contributed by atoms with Crippen LogP contribution >= 0.6 is 0 Å². The molecule has 0 amide bonds. The van der Waals surface area contributed by atoms with Crippen molar-refractivity contribution >= 4 is 17.9 Å².